The summed E-state index contributed by atoms with van der Waals surface area (Å²) in [6.45, 7) is 0. The van der Waals surface area contributed by atoms with Gasteiger partial charge in [0.15, 0.2) is 0 Å². The number of hydrogen-bond donors (Lipinski definition) is 1. The van der Waals surface area contributed by atoms with Crippen LogP contribution in [0.2, 0.25) is 0 Å². The lowest BCUT2D eigenvalue weighted by molar-refractivity contribution is -0.139. The van der Waals surface area contributed by atoms with E-state index in [1.807, 2.05) is 0 Å². The summed E-state index contributed by atoms with van der Waals surface area (Å²) < 4.78 is 56.6. The second-order valence-corrected chi connectivity index (χ2v) is 8.35. The van der Waals surface area contributed by atoms with Crippen LogP contribution in [0.4, 0.5) is 13.2 Å². The SMILES string of the molecule is COc1ccc(C2(O)CC3CCCC(C2)S3=O)cc1C(F)(F)F. The van der Waals surface area contributed by atoms with Gasteiger partial charge in [0.05, 0.1) is 18.3 Å². The van der Waals surface area contributed by atoms with Gasteiger partial charge in [0.1, 0.15) is 5.75 Å². The van der Waals surface area contributed by atoms with Crippen LogP contribution in [0.3, 0.4) is 0 Å². The molecule has 0 aromatic heterocycles. The number of aliphatic hydroxyl groups is 1. The van der Waals surface area contributed by atoms with Crippen molar-refractivity contribution in [2.75, 3.05) is 7.11 Å². The first-order valence-electron chi connectivity index (χ1n) is 7.62. The van der Waals surface area contributed by atoms with E-state index < -0.39 is 28.1 Å². The van der Waals surface area contributed by atoms with Gasteiger partial charge in [-0.15, -0.1) is 0 Å². The van der Waals surface area contributed by atoms with Crippen molar-refractivity contribution in [1.29, 1.82) is 0 Å². The molecule has 0 saturated carbocycles. The van der Waals surface area contributed by atoms with Crippen molar-refractivity contribution in [2.24, 2.45) is 0 Å². The summed E-state index contributed by atoms with van der Waals surface area (Å²) in [5.74, 6) is -0.260. The summed E-state index contributed by atoms with van der Waals surface area (Å²) >= 11 is 0. The molecule has 1 aromatic carbocycles. The molecule has 23 heavy (non-hydrogen) atoms. The summed E-state index contributed by atoms with van der Waals surface area (Å²) in [6.07, 6.45) is -1.57. The number of methoxy groups -OCH3 is 1. The highest BCUT2D eigenvalue weighted by molar-refractivity contribution is 7.86. The predicted molar refractivity (Wildman–Crippen MR) is 80.7 cm³/mol. The highest BCUT2D eigenvalue weighted by Crippen LogP contribution is 2.46. The summed E-state index contributed by atoms with van der Waals surface area (Å²) in [7, 11) is 0.196. The molecule has 2 fully saturated rings. The number of fused-ring (bicyclic) bond motifs is 2. The van der Waals surface area contributed by atoms with Crippen molar-refractivity contribution in [3.63, 3.8) is 0 Å². The van der Waals surface area contributed by atoms with Crippen LogP contribution in [0.25, 0.3) is 0 Å². The largest absolute Gasteiger partial charge is 0.496 e. The van der Waals surface area contributed by atoms with Crippen molar-refractivity contribution in [2.45, 2.75) is 54.4 Å². The highest BCUT2D eigenvalue weighted by atomic mass is 32.2. The van der Waals surface area contributed by atoms with Crippen LogP contribution in [0.1, 0.15) is 43.2 Å². The molecule has 7 heteroatoms. The van der Waals surface area contributed by atoms with E-state index in [-0.39, 0.29) is 34.7 Å². The van der Waals surface area contributed by atoms with Crippen LogP contribution in [0.5, 0.6) is 5.75 Å². The molecule has 2 saturated heterocycles. The third kappa shape index (κ3) is 3.01. The average molecular weight is 348 g/mol. The van der Waals surface area contributed by atoms with Gasteiger partial charge in [-0.25, -0.2) is 0 Å². The van der Waals surface area contributed by atoms with E-state index in [1.165, 1.54) is 19.2 Å². The second-order valence-electron chi connectivity index (χ2n) is 6.36. The smallest absolute Gasteiger partial charge is 0.419 e. The van der Waals surface area contributed by atoms with Crippen LogP contribution in [-0.2, 0) is 22.6 Å². The minimum Gasteiger partial charge on any atom is -0.496 e. The van der Waals surface area contributed by atoms with E-state index in [9.17, 15) is 22.5 Å². The van der Waals surface area contributed by atoms with Crippen molar-refractivity contribution in [3.8, 4) is 5.75 Å². The Labute approximate surface area is 135 Å². The van der Waals surface area contributed by atoms with Crippen LogP contribution in [0, 0.1) is 0 Å². The molecule has 1 N–H and O–H groups in total. The van der Waals surface area contributed by atoms with Gasteiger partial charge >= 0.3 is 6.18 Å². The van der Waals surface area contributed by atoms with Gasteiger partial charge in [0.25, 0.3) is 0 Å². The van der Waals surface area contributed by atoms with Gasteiger partial charge in [-0.1, -0.05) is 12.5 Å². The number of alkyl halides is 3. The van der Waals surface area contributed by atoms with Crippen molar-refractivity contribution in [1.82, 2.24) is 0 Å². The molecule has 2 aliphatic heterocycles. The van der Waals surface area contributed by atoms with E-state index in [0.29, 0.717) is 0 Å². The summed E-state index contributed by atoms with van der Waals surface area (Å²) in [6, 6.07) is 3.71. The maximum absolute atomic E-state index is 13.2. The first-order valence-corrected chi connectivity index (χ1v) is 8.90. The fourth-order valence-corrected chi connectivity index (χ4v) is 5.96. The molecule has 2 bridgehead atoms. The van der Waals surface area contributed by atoms with Crippen LogP contribution >= 0.6 is 0 Å². The van der Waals surface area contributed by atoms with Crippen LogP contribution in [-0.4, -0.2) is 26.9 Å². The molecule has 3 rings (SSSR count). The second kappa shape index (κ2) is 5.77. The van der Waals surface area contributed by atoms with E-state index in [1.54, 1.807) is 0 Å². The van der Waals surface area contributed by atoms with Gasteiger partial charge in [-0.05, 0) is 43.4 Å². The lowest BCUT2D eigenvalue weighted by Crippen LogP contribution is -2.47. The molecule has 0 aliphatic carbocycles. The fraction of sp³-hybridized carbons (Fsp3) is 0.625. The van der Waals surface area contributed by atoms with Crippen LogP contribution in [0.15, 0.2) is 18.2 Å². The first kappa shape index (κ1) is 16.8. The maximum Gasteiger partial charge on any atom is 0.419 e. The Morgan fingerprint density at radius 3 is 2.39 bits per heavy atom. The zero-order valence-corrected chi connectivity index (χ0v) is 13.5. The minimum absolute atomic E-state index is 0.135. The van der Waals surface area contributed by atoms with E-state index in [0.717, 1.165) is 25.3 Å². The monoisotopic (exact) mass is 348 g/mol. The third-order valence-electron chi connectivity index (χ3n) is 4.88. The fourth-order valence-electron chi connectivity index (χ4n) is 3.74. The van der Waals surface area contributed by atoms with Gasteiger partial charge in [0, 0.05) is 21.3 Å². The Balaban J connectivity index is 1.99. The van der Waals surface area contributed by atoms with E-state index in [4.69, 9.17) is 4.74 Å². The maximum atomic E-state index is 13.2. The van der Waals surface area contributed by atoms with Gasteiger partial charge in [-0.3, -0.25) is 4.21 Å². The molecule has 1 aromatic rings. The zero-order chi connectivity index (χ0) is 16.8. The topological polar surface area (TPSA) is 46.5 Å². The number of benzene rings is 1. The minimum atomic E-state index is -4.55. The molecule has 3 nitrogen and oxygen atoms in total. The normalized spacial score (nSPS) is 34.2. The standard InChI is InChI=1S/C16H19F3O3S/c1-22-14-6-5-10(7-13(14)16(17,18)19)15(20)8-11-3-2-4-12(9-15)23(11)21/h5-7,11-12,20H,2-4,8-9H2,1H3. The molecule has 2 atom stereocenters. The molecule has 0 spiro atoms. The molecular formula is C16H19F3O3S. The predicted octanol–water partition coefficient (Wildman–Crippen LogP) is 3.37. The third-order valence-corrected chi connectivity index (χ3v) is 7.00. The number of halogens is 3. The van der Waals surface area contributed by atoms with Gasteiger partial charge in [-0.2, -0.15) is 13.2 Å². The Morgan fingerprint density at radius 2 is 1.87 bits per heavy atom. The van der Waals surface area contributed by atoms with Gasteiger partial charge in [0.2, 0.25) is 0 Å². The summed E-state index contributed by atoms with van der Waals surface area (Å²) in [4.78, 5) is 0. The molecule has 0 amide bonds. The van der Waals surface area contributed by atoms with Crippen LogP contribution < -0.4 is 4.74 Å². The Hall–Kier alpha value is -1.08. The number of hydrogen-bond acceptors (Lipinski definition) is 3. The van der Waals surface area contributed by atoms with Crippen molar-refractivity contribution >= 4 is 10.8 Å². The average Bonchev–Trinajstić information content (AvgIpc) is 2.47. The zero-order valence-electron chi connectivity index (χ0n) is 12.7. The van der Waals surface area contributed by atoms with E-state index >= 15 is 0 Å². The summed E-state index contributed by atoms with van der Waals surface area (Å²) in [5.41, 5.74) is -2.00. The molecule has 2 heterocycles. The highest BCUT2D eigenvalue weighted by Gasteiger charge is 2.47. The molecule has 128 valence electrons. The Bertz CT molecular complexity index is 613. The van der Waals surface area contributed by atoms with E-state index in [2.05, 4.69) is 0 Å². The molecule has 2 unspecified atom stereocenters. The summed E-state index contributed by atoms with van der Waals surface area (Å²) in [5, 5.41) is 10.7. The first-order chi connectivity index (χ1) is 10.7. The number of rotatable bonds is 2. The lowest BCUT2D eigenvalue weighted by atomic mass is 9.80. The number of ether oxygens (including phenoxy) is 1. The molecule has 2 aliphatic rings. The van der Waals surface area contributed by atoms with Gasteiger partial charge < -0.3 is 9.84 Å². The lowest BCUT2D eigenvalue weighted by Gasteiger charge is -2.44. The Morgan fingerprint density at radius 1 is 1.26 bits per heavy atom. The van der Waals surface area contributed by atoms with Crippen molar-refractivity contribution in [3.05, 3.63) is 29.3 Å². The Kier molecular flexibility index (Phi) is 4.21. The van der Waals surface area contributed by atoms with Crippen molar-refractivity contribution < 1.29 is 27.2 Å². The molecular weight excluding hydrogens is 329 g/mol. The quantitative estimate of drug-likeness (QED) is 0.891. The molecule has 0 radical (unpaired) electrons.